The molecule has 0 amide bonds. The van der Waals surface area contributed by atoms with Crippen LogP contribution in [0.5, 0.6) is 0 Å². The molecule has 0 aliphatic rings. The second kappa shape index (κ2) is 27.0. The highest BCUT2D eigenvalue weighted by atomic mass is 15.0. The van der Waals surface area contributed by atoms with E-state index in [9.17, 15) is 0 Å². The molecule has 5 nitrogen and oxygen atoms in total. The summed E-state index contributed by atoms with van der Waals surface area (Å²) in [7, 11) is 0. The molecule has 0 aliphatic heterocycles. The van der Waals surface area contributed by atoms with Crippen molar-refractivity contribution < 1.29 is 0 Å². The summed E-state index contributed by atoms with van der Waals surface area (Å²) >= 11 is 0. The lowest BCUT2D eigenvalue weighted by Crippen LogP contribution is -1.96. The van der Waals surface area contributed by atoms with Gasteiger partial charge < -0.3 is 22.8 Å². The Balaban J connectivity index is 0.000000150. The number of hydrogen-bond donors (Lipinski definition) is 0. The van der Waals surface area contributed by atoms with Crippen molar-refractivity contribution in [3.05, 3.63) is 431 Å². The second-order valence-corrected chi connectivity index (χ2v) is 29.6. The summed E-state index contributed by atoms with van der Waals surface area (Å²) < 4.78 is 12.0. The maximum atomic E-state index is 2.41. The van der Waals surface area contributed by atoms with Gasteiger partial charge in [-0.3, -0.25) is 0 Å². The zero-order chi connectivity index (χ0) is 74.5. The lowest BCUT2D eigenvalue weighted by molar-refractivity contribution is 1.16. The van der Waals surface area contributed by atoms with Crippen LogP contribution >= 0.6 is 0 Å². The van der Waals surface area contributed by atoms with Gasteiger partial charge in [0.15, 0.2) is 0 Å². The minimum atomic E-state index is 1.15. The molecule has 18 aromatic carbocycles. The smallest absolute Gasteiger partial charge is 0.0542 e. The van der Waals surface area contributed by atoms with Crippen molar-refractivity contribution in [3.8, 4) is 95.2 Å². The first kappa shape index (κ1) is 65.1. The van der Waals surface area contributed by atoms with Crippen LogP contribution in [0, 0.1) is 0 Å². The first-order valence-electron chi connectivity index (χ1n) is 38.9. The number of hydrogen-bond acceptors (Lipinski definition) is 0. The van der Waals surface area contributed by atoms with Crippen LogP contribution in [0.3, 0.4) is 0 Å². The topological polar surface area (TPSA) is 24.6 Å². The molecule has 0 saturated carbocycles. The molecule has 0 unspecified atom stereocenters. The van der Waals surface area contributed by atoms with E-state index in [0.717, 1.165) is 28.4 Å². The van der Waals surface area contributed by atoms with Gasteiger partial charge in [0.25, 0.3) is 0 Å². The molecular weight excluding hydrogens is 1370 g/mol. The van der Waals surface area contributed by atoms with Gasteiger partial charge in [0.2, 0.25) is 0 Å². The molecule has 0 fully saturated rings. The summed E-state index contributed by atoms with van der Waals surface area (Å²) in [6.45, 7) is 0. The molecule has 0 saturated heterocycles. The summed E-state index contributed by atoms with van der Waals surface area (Å²) in [6, 6.07) is 157. The van der Waals surface area contributed by atoms with Crippen LogP contribution in [0.1, 0.15) is 0 Å². The Hall–Kier alpha value is -15.0. The number of rotatable bonds is 11. The summed E-state index contributed by atoms with van der Waals surface area (Å²) in [5.74, 6) is 0. The SMILES string of the molecule is c1ccc(-c2cc(-c3ccc(-n4c5ccccc5c5ccccc54)cc3)cc(-c3cccc(-c4cc(-c5ccccc5)cc(-c5ccc(-n6c7ccccc7c7ccccc76)cc5)c4)c3)c2)cc1.c1ccc(-n2c3ccc(-n4c5ccccc5c5ccccc54)cc3c3cc(-n4c5ccccc5c5ccccc54)ccc32)cc1. The van der Waals surface area contributed by atoms with Gasteiger partial charge in [-0.1, -0.05) is 267 Å². The van der Waals surface area contributed by atoms with E-state index in [0.29, 0.717) is 0 Å². The van der Waals surface area contributed by atoms with Gasteiger partial charge in [0.1, 0.15) is 0 Å². The summed E-state index contributed by atoms with van der Waals surface area (Å²) in [5.41, 5.74) is 32.1. The van der Waals surface area contributed by atoms with E-state index in [4.69, 9.17) is 0 Å². The number of fused-ring (bicyclic) bond motifs is 15. The highest BCUT2D eigenvalue weighted by Gasteiger charge is 2.22. The zero-order valence-corrected chi connectivity index (χ0v) is 61.7. The Morgan fingerprint density at radius 1 is 0.0973 bits per heavy atom. The molecule has 0 atom stereocenters. The summed E-state index contributed by atoms with van der Waals surface area (Å²) in [6.07, 6.45) is 0. The van der Waals surface area contributed by atoms with Crippen molar-refractivity contribution in [2.75, 3.05) is 0 Å². The standard InChI is InChI=1S/C66H44N2.C42H27N3/c1-3-16-45(17-4-1)51-39-53(47-30-34-57(35-31-47)67-63-26-11-7-22-59(63)60-23-8-12-27-64(60)67)43-55(41-51)49-20-15-21-50(38-49)56-42-52(46-18-5-2-6-19-46)40-54(44-56)48-32-36-58(37-33-48)68-65-28-13-9-24-61(65)62-25-10-14-29-66(62)68;1-2-12-28(13-3-1)43-41-24-22-29(44-37-18-8-4-14-31(37)32-15-5-9-19-38(32)44)26-35(41)36-27-30(23-25-42(36)43)45-39-20-10-6-16-33(39)34-17-7-11-21-40(34)45/h1-44H;1-27H. The van der Waals surface area contributed by atoms with E-state index < -0.39 is 0 Å². The van der Waals surface area contributed by atoms with E-state index in [1.54, 1.807) is 0 Å². The van der Waals surface area contributed by atoms with Crippen LogP contribution in [0.4, 0.5) is 0 Å². The van der Waals surface area contributed by atoms with Crippen LogP contribution in [-0.4, -0.2) is 22.8 Å². The average Bonchev–Trinajstić information content (AvgIpc) is 1.57. The van der Waals surface area contributed by atoms with Crippen molar-refractivity contribution in [1.82, 2.24) is 22.8 Å². The van der Waals surface area contributed by atoms with Crippen LogP contribution in [0.15, 0.2) is 431 Å². The molecule has 113 heavy (non-hydrogen) atoms. The normalized spacial score (nSPS) is 11.7. The largest absolute Gasteiger partial charge is 0.309 e. The molecule has 0 N–H and O–H groups in total. The van der Waals surface area contributed by atoms with Crippen molar-refractivity contribution in [2.24, 2.45) is 0 Å². The third-order valence-corrected chi connectivity index (χ3v) is 23.1. The Morgan fingerprint density at radius 3 is 0.566 bits per heavy atom. The second-order valence-electron chi connectivity index (χ2n) is 29.6. The zero-order valence-electron chi connectivity index (χ0n) is 61.7. The van der Waals surface area contributed by atoms with Gasteiger partial charge in [0.05, 0.1) is 55.2 Å². The molecule has 0 spiro atoms. The Labute approximate surface area is 653 Å². The van der Waals surface area contributed by atoms with Crippen molar-refractivity contribution in [3.63, 3.8) is 0 Å². The number of nitrogens with zero attached hydrogens (tertiary/aromatic N) is 5. The van der Waals surface area contributed by atoms with Gasteiger partial charge in [-0.05, 0) is 231 Å². The molecule has 23 rings (SSSR count). The van der Waals surface area contributed by atoms with E-state index in [1.807, 2.05) is 0 Å². The molecule has 528 valence electrons. The Bertz CT molecular complexity index is 7000. The highest BCUT2D eigenvalue weighted by Crippen LogP contribution is 2.44. The van der Waals surface area contributed by atoms with Gasteiger partial charge in [0, 0.05) is 82.3 Å². The van der Waals surface area contributed by atoms with E-state index in [-0.39, 0.29) is 0 Å². The molecule has 5 heteroatoms. The van der Waals surface area contributed by atoms with Crippen LogP contribution in [0.25, 0.3) is 204 Å². The summed E-state index contributed by atoms with van der Waals surface area (Å²) in [5, 5.41) is 12.6. The fourth-order valence-corrected chi connectivity index (χ4v) is 17.9. The summed E-state index contributed by atoms with van der Waals surface area (Å²) in [4.78, 5) is 0. The molecule has 0 aliphatic carbocycles. The quantitative estimate of drug-likeness (QED) is 0.123. The lowest BCUT2D eigenvalue weighted by atomic mass is 9.90. The van der Waals surface area contributed by atoms with E-state index in [2.05, 4.69) is 454 Å². The first-order valence-corrected chi connectivity index (χ1v) is 38.9. The van der Waals surface area contributed by atoms with Crippen molar-refractivity contribution >= 4 is 109 Å². The third-order valence-electron chi connectivity index (χ3n) is 23.1. The fourth-order valence-electron chi connectivity index (χ4n) is 17.9. The van der Waals surface area contributed by atoms with Crippen molar-refractivity contribution in [1.29, 1.82) is 0 Å². The van der Waals surface area contributed by atoms with Crippen LogP contribution in [-0.2, 0) is 0 Å². The van der Waals surface area contributed by atoms with E-state index >= 15 is 0 Å². The van der Waals surface area contributed by atoms with Gasteiger partial charge >= 0.3 is 0 Å². The number of aromatic nitrogens is 5. The van der Waals surface area contributed by atoms with Gasteiger partial charge in [-0.15, -0.1) is 0 Å². The average molecular weight is 1440 g/mol. The van der Waals surface area contributed by atoms with E-state index in [1.165, 1.54) is 176 Å². The van der Waals surface area contributed by atoms with Gasteiger partial charge in [-0.25, -0.2) is 0 Å². The van der Waals surface area contributed by atoms with Crippen LogP contribution < -0.4 is 0 Å². The maximum Gasteiger partial charge on any atom is 0.0542 e. The number of benzene rings is 18. The maximum absolute atomic E-state index is 2.41. The minimum absolute atomic E-state index is 1.15. The monoisotopic (exact) mass is 1440 g/mol. The minimum Gasteiger partial charge on any atom is -0.309 e. The molecular formula is C108H71N5. The molecule has 23 aromatic rings. The van der Waals surface area contributed by atoms with Crippen molar-refractivity contribution in [2.45, 2.75) is 0 Å². The fraction of sp³-hybridized carbons (Fsp3) is 0. The highest BCUT2D eigenvalue weighted by molar-refractivity contribution is 6.15. The Kier molecular flexibility index (Phi) is 15.5. The predicted octanol–water partition coefficient (Wildman–Crippen LogP) is 28.9. The first-order chi connectivity index (χ1) is 56.0. The predicted molar refractivity (Wildman–Crippen MR) is 477 cm³/mol. The number of para-hydroxylation sites is 9. The third kappa shape index (κ3) is 11.1. The molecule has 0 bridgehead atoms. The lowest BCUT2D eigenvalue weighted by Gasteiger charge is -2.15. The molecule has 5 aromatic heterocycles. The molecule has 0 radical (unpaired) electrons. The van der Waals surface area contributed by atoms with Gasteiger partial charge in [-0.2, -0.15) is 0 Å². The van der Waals surface area contributed by atoms with Crippen LogP contribution in [0.2, 0.25) is 0 Å². The molecule has 5 heterocycles. The Morgan fingerprint density at radius 2 is 0.283 bits per heavy atom.